The largest absolute Gasteiger partial charge is 0.399 e. The van der Waals surface area contributed by atoms with Gasteiger partial charge in [-0.25, -0.2) is 4.39 Å². The Morgan fingerprint density at radius 1 is 1.15 bits per heavy atom. The van der Waals surface area contributed by atoms with Crippen LogP contribution in [0.5, 0.6) is 0 Å². The zero-order valence-corrected chi connectivity index (χ0v) is 11.6. The van der Waals surface area contributed by atoms with Crippen molar-refractivity contribution in [1.82, 2.24) is 4.90 Å². The summed E-state index contributed by atoms with van der Waals surface area (Å²) in [5.74, 6) is 0.130. The Hall–Kier alpha value is -1.58. The summed E-state index contributed by atoms with van der Waals surface area (Å²) >= 11 is 0. The number of hydrogen-bond acceptors (Lipinski definition) is 2. The highest BCUT2D eigenvalue weighted by Crippen LogP contribution is 2.36. The van der Waals surface area contributed by atoms with Gasteiger partial charge in [0.05, 0.1) is 0 Å². The van der Waals surface area contributed by atoms with Gasteiger partial charge in [0.2, 0.25) is 0 Å². The molecule has 2 atom stereocenters. The van der Waals surface area contributed by atoms with Gasteiger partial charge in [0, 0.05) is 23.8 Å². The number of amides is 1. The van der Waals surface area contributed by atoms with E-state index in [2.05, 4.69) is 0 Å². The molecule has 1 aromatic rings. The van der Waals surface area contributed by atoms with Crippen molar-refractivity contribution >= 4 is 11.6 Å². The van der Waals surface area contributed by atoms with Gasteiger partial charge in [0.1, 0.15) is 5.82 Å². The fraction of sp³-hybridized carbons (Fsp3) is 0.562. The first-order chi connectivity index (χ1) is 9.65. The van der Waals surface area contributed by atoms with Gasteiger partial charge in [-0.3, -0.25) is 4.79 Å². The summed E-state index contributed by atoms with van der Waals surface area (Å²) in [6, 6.07) is 4.47. The van der Waals surface area contributed by atoms with Gasteiger partial charge in [-0.15, -0.1) is 0 Å². The minimum absolute atomic E-state index is 0.0622. The maximum absolute atomic E-state index is 13.4. The first kappa shape index (κ1) is 13.4. The third-order valence-electron chi connectivity index (χ3n) is 4.67. The summed E-state index contributed by atoms with van der Waals surface area (Å²) in [7, 11) is 0. The lowest BCUT2D eigenvalue weighted by Crippen LogP contribution is -2.49. The van der Waals surface area contributed by atoms with Crippen molar-refractivity contribution in [2.24, 2.45) is 5.92 Å². The van der Waals surface area contributed by atoms with Crippen LogP contribution in [-0.2, 0) is 0 Å². The fourth-order valence-electron chi connectivity index (χ4n) is 3.78. The van der Waals surface area contributed by atoms with Crippen LogP contribution in [0, 0.1) is 11.7 Å². The zero-order valence-electron chi connectivity index (χ0n) is 11.6. The maximum atomic E-state index is 13.4. The minimum atomic E-state index is -0.439. The molecule has 1 amide bonds. The molecule has 108 valence electrons. The second-order valence-electron chi connectivity index (χ2n) is 6.03. The highest BCUT2D eigenvalue weighted by atomic mass is 19.1. The molecule has 3 rings (SSSR count). The normalized spacial score (nSPS) is 26.1. The number of rotatable bonds is 1. The predicted octanol–water partition coefficient (Wildman–Crippen LogP) is 3.20. The summed E-state index contributed by atoms with van der Waals surface area (Å²) in [5.41, 5.74) is 6.34. The molecule has 0 radical (unpaired) electrons. The Labute approximate surface area is 118 Å². The molecule has 1 saturated carbocycles. The van der Waals surface area contributed by atoms with E-state index in [1.165, 1.54) is 37.8 Å². The van der Waals surface area contributed by atoms with E-state index < -0.39 is 5.82 Å². The van der Waals surface area contributed by atoms with Crippen LogP contribution in [0.3, 0.4) is 0 Å². The van der Waals surface area contributed by atoms with Crippen molar-refractivity contribution in [3.63, 3.8) is 0 Å². The average Bonchev–Trinajstić information content (AvgIpc) is 2.45. The number of anilines is 1. The van der Waals surface area contributed by atoms with Crippen LogP contribution in [0.2, 0.25) is 0 Å². The third-order valence-corrected chi connectivity index (χ3v) is 4.67. The summed E-state index contributed by atoms with van der Waals surface area (Å²) < 4.78 is 13.4. The molecule has 4 heteroatoms. The number of likely N-dealkylation sites (tertiary alicyclic amines) is 1. The molecule has 2 aliphatic rings. The number of piperidine rings is 1. The Kier molecular flexibility index (Phi) is 3.64. The smallest absolute Gasteiger partial charge is 0.254 e. The topological polar surface area (TPSA) is 46.3 Å². The van der Waals surface area contributed by atoms with Crippen molar-refractivity contribution in [2.75, 3.05) is 12.3 Å². The van der Waals surface area contributed by atoms with Gasteiger partial charge < -0.3 is 10.6 Å². The molecule has 3 nitrogen and oxygen atoms in total. The van der Waals surface area contributed by atoms with Gasteiger partial charge >= 0.3 is 0 Å². The van der Waals surface area contributed by atoms with Gasteiger partial charge in [0.15, 0.2) is 0 Å². The van der Waals surface area contributed by atoms with Crippen molar-refractivity contribution in [3.8, 4) is 0 Å². The van der Waals surface area contributed by atoms with Crippen molar-refractivity contribution in [2.45, 2.75) is 44.6 Å². The zero-order chi connectivity index (χ0) is 14.1. The maximum Gasteiger partial charge on any atom is 0.254 e. The molecule has 1 aromatic carbocycles. The lowest BCUT2D eigenvalue weighted by molar-refractivity contribution is 0.0390. The van der Waals surface area contributed by atoms with Crippen LogP contribution in [-0.4, -0.2) is 23.4 Å². The quantitative estimate of drug-likeness (QED) is 0.801. The van der Waals surface area contributed by atoms with E-state index >= 15 is 0 Å². The van der Waals surface area contributed by atoms with Gasteiger partial charge in [-0.2, -0.15) is 0 Å². The first-order valence-electron chi connectivity index (χ1n) is 7.52. The summed E-state index contributed by atoms with van der Waals surface area (Å²) in [6.45, 7) is 0.788. The Morgan fingerprint density at radius 3 is 2.70 bits per heavy atom. The number of halogens is 1. The van der Waals surface area contributed by atoms with E-state index in [0.717, 1.165) is 19.4 Å². The summed E-state index contributed by atoms with van der Waals surface area (Å²) in [5, 5.41) is 0. The average molecular weight is 276 g/mol. The van der Waals surface area contributed by atoms with Gasteiger partial charge in [-0.05, 0) is 49.8 Å². The molecule has 1 aliphatic heterocycles. The molecule has 0 bridgehead atoms. The second-order valence-corrected chi connectivity index (χ2v) is 6.03. The van der Waals surface area contributed by atoms with Crippen LogP contribution in [0.15, 0.2) is 18.2 Å². The molecule has 1 aliphatic carbocycles. The molecular formula is C16H21FN2O. The Balaban J connectivity index is 1.84. The van der Waals surface area contributed by atoms with Gasteiger partial charge in [0.25, 0.3) is 5.91 Å². The molecular weight excluding hydrogens is 255 g/mol. The molecule has 20 heavy (non-hydrogen) atoms. The summed E-state index contributed by atoms with van der Waals surface area (Å²) in [4.78, 5) is 14.6. The number of carbonyl (C=O) groups is 1. The monoisotopic (exact) mass is 276 g/mol. The molecule has 0 aromatic heterocycles. The lowest BCUT2D eigenvalue weighted by Gasteiger charge is -2.44. The predicted molar refractivity (Wildman–Crippen MR) is 76.8 cm³/mol. The molecule has 2 unspecified atom stereocenters. The van der Waals surface area contributed by atoms with Crippen LogP contribution >= 0.6 is 0 Å². The molecule has 2 fully saturated rings. The van der Waals surface area contributed by atoms with E-state index in [1.807, 2.05) is 4.90 Å². The van der Waals surface area contributed by atoms with Crippen LogP contribution < -0.4 is 5.73 Å². The summed E-state index contributed by atoms with van der Waals surface area (Å²) in [6.07, 6.45) is 7.05. The molecule has 1 saturated heterocycles. The Bertz CT molecular complexity index is 495. The second kappa shape index (κ2) is 5.43. The van der Waals surface area contributed by atoms with Crippen molar-refractivity contribution < 1.29 is 9.18 Å². The number of hydrogen-bond donors (Lipinski definition) is 1. The van der Waals surface area contributed by atoms with Crippen LogP contribution in [0.4, 0.5) is 10.1 Å². The standard InChI is InChI=1S/C16H21FN2O/c17-13-8-12(9-14(18)10-13)16(20)19-7-3-5-11-4-1-2-6-15(11)19/h8-11,15H,1-7,18H2. The molecule has 1 heterocycles. The third kappa shape index (κ3) is 2.51. The Morgan fingerprint density at radius 2 is 1.90 bits per heavy atom. The fourth-order valence-corrected chi connectivity index (χ4v) is 3.78. The molecule has 2 N–H and O–H groups in total. The van der Waals surface area contributed by atoms with E-state index in [1.54, 1.807) is 6.07 Å². The highest BCUT2D eigenvalue weighted by molar-refractivity contribution is 5.95. The number of benzene rings is 1. The number of nitrogens with two attached hydrogens (primary N) is 1. The van der Waals surface area contributed by atoms with E-state index in [4.69, 9.17) is 5.73 Å². The van der Waals surface area contributed by atoms with Crippen molar-refractivity contribution in [3.05, 3.63) is 29.6 Å². The number of carbonyl (C=O) groups excluding carboxylic acids is 1. The first-order valence-corrected chi connectivity index (χ1v) is 7.52. The minimum Gasteiger partial charge on any atom is -0.399 e. The van der Waals surface area contributed by atoms with Crippen molar-refractivity contribution in [1.29, 1.82) is 0 Å². The SMILES string of the molecule is Nc1cc(F)cc(C(=O)N2CCCC3CCCCC32)c1. The number of fused-ring (bicyclic) bond motifs is 1. The molecule has 0 spiro atoms. The van der Waals surface area contributed by atoms with E-state index in [9.17, 15) is 9.18 Å². The van der Waals surface area contributed by atoms with E-state index in [-0.39, 0.29) is 5.91 Å². The lowest BCUT2D eigenvalue weighted by atomic mass is 9.78. The van der Waals surface area contributed by atoms with Crippen LogP contribution in [0.1, 0.15) is 48.9 Å². The van der Waals surface area contributed by atoms with Gasteiger partial charge in [-0.1, -0.05) is 12.8 Å². The van der Waals surface area contributed by atoms with E-state index in [0.29, 0.717) is 23.2 Å². The number of nitrogen functional groups attached to an aromatic ring is 1. The highest BCUT2D eigenvalue weighted by Gasteiger charge is 2.36. The van der Waals surface area contributed by atoms with Crippen LogP contribution in [0.25, 0.3) is 0 Å². The number of nitrogens with zero attached hydrogens (tertiary/aromatic N) is 1.